The molecule has 4 N–H and O–H groups in total. The van der Waals surface area contributed by atoms with Crippen molar-refractivity contribution in [3.8, 4) is 0 Å². The van der Waals surface area contributed by atoms with Crippen LogP contribution in [0.3, 0.4) is 0 Å². The Morgan fingerprint density at radius 3 is 2.46 bits per heavy atom. The molecule has 12 nitrogen and oxygen atoms in total. The molecular weight excluding hydrogens is 578 g/mol. The summed E-state index contributed by atoms with van der Waals surface area (Å²) in [5.41, 5.74) is -1.50. The van der Waals surface area contributed by atoms with Crippen molar-refractivity contribution in [2.45, 2.75) is 88.8 Å². The lowest BCUT2D eigenvalue weighted by Crippen LogP contribution is -2.56. The first-order chi connectivity index (χ1) is 19.5. The summed E-state index contributed by atoms with van der Waals surface area (Å²) in [7, 11) is -5.01. The number of rotatable bonds is 13. The summed E-state index contributed by atoms with van der Waals surface area (Å²) in [6.45, 7) is 1.71. The van der Waals surface area contributed by atoms with Gasteiger partial charge >= 0.3 is 22.2 Å². The van der Waals surface area contributed by atoms with E-state index in [9.17, 15) is 32.1 Å². The fraction of sp³-hybridized carbons (Fsp3) is 0.630. The Morgan fingerprint density at radius 2 is 1.85 bits per heavy atom. The minimum atomic E-state index is -5.01. The van der Waals surface area contributed by atoms with Gasteiger partial charge in [0.1, 0.15) is 12.6 Å². The van der Waals surface area contributed by atoms with Gasteiger partial charge in [-0.15, -0.1) is 0 Å². The molecule has 1 aliphatic carbocycles. The van der Waals surface area contributed by atoms with E-state index >= 15 is 0 Å². The Balaban J connectivity index is 1.80. The van der Waals surface area contributed by atoms with Crippen molar-refractivity contribution in [1.29, 1.82) is 0 Å². The van der Waals surface area contributed by atoms with E-state index in [1.165, 1.54) is 6.92 Å². The monoisotopic (exact) mass is 615 g/mol. The summed E-state index contributed by atoms with van der Waals surface area (Å²) in [5, 5.41) is 8.25. The third-order valence-electron chi connectivity index (χ3n) is 7.35. The van der Waals surface area contributed by atoms with Gasteiger partial charge in [-0.05, 0) is 42.9 Å². The van der Waals surface area contributed by atoms with E-state index in [0.717, 1.165) is 32.1 Å². The van der Waals surface area contributed by atoms with E-state index in [1.807, 2.05) is 0 Å². The van der Waals surface area contributed by atoms with E-state index in [1.54, 1.807) is 24.3 Å². The number of amides is 3. The van der Waals surface area contributed by atoms with Crippen LogP contribution in [0, 0.1) is 11.8 Å². The van der Waals surface area contributed by atoms with Crippen LogP contribution < -0.4 is 16.0 Å². The Morgan fingerprint density at radius 1 is 1.12 bits per heavy atom. The van der Waals surface area contributed by atoms with Gasteiger partial charge in [0.05, 0.1) is 6.04 Å². The number of esters is 1. The molecular formula is C27H38ClN3O9S. The van der Waals surface area contributed by atoms with Gasteiger partial charge in [-0.2, -0.15) is 8.42 Å². The second kappa shape index (κ2) is 15.4. The average Bonchev–Trinajstić information content (AvgIpc) is 3.33. The average molecular weight is 616 g/mol. The maximum absolute atomic E-state index is 13.6. The molecule has 14 heteroatoms. The number of carbonyl (C=O) groups excluding carboxylic acids is 4. The minimum absolute atomic E-state index is 0.0959. The quantitative estimate of drug-likeness (QED) is 0.192. The van der Waals surface area contributed by atoms with Crippen LogP contribution in [0.15, 0.2) is 24.3 Å². The zero-order valence-corrected chi connectivity index (χ0v) is 24.5. The number of hydrogen-bond acceptors (Lipinski definition) is 8. The molecule has 1 saturated carbocycles. The molecule has 1 aromatic carbocycles. The molecule has 3 rings (SSSR count). The summed E-state index contributed by atoms with van der Waals surface area (Å²) in [4.78, 5) is 50.7. The predicted molar refractivity (Wildman–Crippen MR) is 149 cm³/mol. The second-order valence-corrected chi connectivity index (χ2v) is 12.4. The number of hydrogen-bond donors (Lipinski definition) is 4. The molecule has 1 aromatic rings. The Bertz CT molecular complexity index is 1190. The summed E-state index contributed by atoms with van der Waals surface area (Å²) in [5.74, 6) is -2.56. The van der Waals surface area contributed by atoms with Gasteiger partial charge in [-0.25, -0.2) is 4.79 Å². The lowest BCUT2D eigenvalue weighted by atomic mass is 9.84. The molecule has 1 saturated heterocycles. The maximum atomic E-state index is 13.6. The van der Waals surface area contributed by atoms with E-state index in [-0.39, 0.29) is 37.7 Å². The van der Waals surface area contributed by atoms with E-state index in [2.05, 4.69) is 16.0 Å². The van der Waals surface area contributed by atoms with Crippen LogP contribution in [0.4, 0.5) is 4.79 Å². The summed E-state index contributed by atoms with van der Waals surface area (Å²) >= 11 is 5.99. The molecule has 3 amide bonds. The number of nitrogens with one attached hydrogen (secondary N) is 3. The molecule has 2 fully saturated rings. The van der Waals surface area contributed by atoms with Crippen LogP contribution in [0.1, 0.15) is 70.3 Å². The molecule has 228 valence electrons. The van der Waals surface area contributed by atoms with Crippen molar-refractivity contribution in [2.24, 2.45) is 11.8 Å². The van der Waals surface area contributed by atoms with Gasteiger partial charge < -0.3 is 25.4 Å². The standard InChI is InChI=1S/C27H38ClN3O9S/c1-2-23(32)40-26(41(36,37)38)22(15-19-11-12-29-24(19)33)30-25(34)21(14-17-7-4-3-5-8-17)31-27(35)39-16-18-9-6-10-20(28)13-18/h6,9-10,13,17,19,21-22,26H,2-5,7-8,11-12,14-16H2,1H3,(H,29,33)(H,30,34)(H,31,35)(H,36,37,38)/t19-,21-,22-,26?/m0/s1. The van der Waals surface area contributed by atoms with Crippen molar-refractivity contribution in [1.82, 2.24) is 16.0 Å². The van der Waals surface area contributed by atoms with Crippen molar-refractivity contribution in [3.63, 3.8) is 0 Å². The third kappa shape index (κ3) is 10.5. The lowest BCUT2D eigenvalue weighted by molar-refractivity contribution is -0.147. The summed E-state index contributed by atoms with van der Waals surface area (Å²) in [6.07, 6.45) is 4.13. The highest BCUT2D eigenvalue weighted by molar-refractivity contribution is 7.86. The lowest BCUT2D eigenvalue weighted by Gasteiger charge is -2.30. The number of ether oxygens (including phenoxy) is 2. The van der Waals surface area contributed by atoms with Gasteiger partial charge in [0.15, 0.2) is 0 Å². The molecule has 0 bridgehead atoms. The molecule has 2 aliphatic rings. The van der Waals surface area contributed by atoms with Crippen molar-refractivity contribution >= 4 is 45.6 Å². The molecule has 1 heterocycles. The predicted octanol–water partition coefficient (Wildman–Crippen LogP) is 3.08. The van der Waals surface area contributed by atoms with Gasteiger partial charge in [0.2, 0.25) is 17.3 Å². The van der Waals surface area contributed by atoms with Crippen molar-refractivity contribution in [2.75, 3.05) is 6.54 Å². The third-order valence-corrected chi connectivity index (χ3v) is 8.60. The summed E-state index contributed by atoms with van der Waals surface area (Å²) in [6, 6.07) is 4.17. The largest absolute Gasteiger partial charge is 0.445 e. The van der Waals surface area contributed by atoms with Crippen LogP contribution in [0.5, 0.6) is 0 Å². The minimum Gasteiger partial charge on any atom is -0.445 e. The van der Waals surface area contributed by atoms with Gasteiger partial charge in [0.25, 0.3) is 0 Å². The first-order valence-electron chi connectivity index (χ1n) is 13.9. The Labute approximate surface area is 245 Å². The van der Waals surface area contributed by atoms with E-state index in [4.69, 9.17) is 21.1 Å². The second-order valence-electron chi connectivity index (χ2n) is 10.5. The normalized spacial score (nSPS) is 19.9. The van der Waals surface area contributed by atoms with Crippen LogP contribution in [0.25, 0.3) is 0 Å². The van der Waals surface area contributed by atoms with Gasteiger partial charge in [-0.1, -0.05) is 62.8 Å². The molecule has 1 aliphatic heterocycles. The molecule has 41 heavy (non-hydrogen) atoms. The highest BCUT2D eigenvalue weighted by Crippen LogP contribution is 2.28. The Hall–Kier alpha value is -2.90. The van der Waals surface area contributed by atoms with Crippen LogP contribution in [-0.2, 0) is 40.6 Å². The fourth-order valence-electron chi connectivity index (χ4n) is 5.21. The zero-order valence-electron chi connectivity index (χ0n) is 23.0. The SMILES string of the molecule is CCC(=O)OC([C@H](C[C@@H]1CCNC1=O)NC(=O)[C@H](CC1CCCCC1)NC(=O)OCc1cccc(Cl)c1)S(=O)(=O)O. The molecule has 0 aromatic heterocycles. The maximum Gasteiger partial charge on any atom is 0.408 e. The first kappa shape index (κ1) is 32.6. The fourth-order valence-corrected chi connectivity index (χ4v) is 6.24. The van der Waals surface area contributed by atoms with Gasteiger partial charge in [-0.3, -0.25) is 18.9 Å². The van der Waals surface area contributed by atoms with Crippen LogP contribution in [0.2, 0.25) is 5.02 Å². The molecule has 1 unspecified atom stereocenters. The highest BCUT2D eigenvalue weighted by atomic mass is 35.5. The van der Waals surface area contributed by atoms with Crippen molar-refractivity contribution < 1.29 is 41.6 Å². The van der Waals surface area contributed by atoms with Gasteiger partial charge in [0, 0.05) is 23.9 Å². The molecule has 0 spiro atoms. The van der Waals surface area contributed by atoms with Crippen molar-refractivity contribution in [3.05, 3.63) is 34.9 Å². The summed E-state index contributed by atoms with van der Waals surface area (Å²) < 4.78 is 44.9. The number of carbonyl (C=O) groups is 4. The first-order valence-corrected chi connectivity index (χ1v) is 15.8. The number of benzene rings is 1. The smallest absolute Gasteiger partial charge is 0.408 e. The Kier molecular flexibility index (Phi) is 12.2. The molecule has 4 atom stereocenters. The number of halogens is 1. The topological polar surface area (TPSA) is 177 Å². The van der Waals surface area contributed by atoms with Crippen LogP contribution in [-0.4, -0.2) is 60.9 Å². The zero-order chi connectivity index (χ0) is 30.0. The number of alkyl carbamates (subject to hydrolysis) is 1. The highest BCUT2D eigenvalue weighted by Gasteiger charge is 2.41. The van der Waals surface area contributed by atoms with E-state index in [0.29, 0.717) is 23.6 Å². The molecule has 0 radical (unpaired) electrons. The van der Waals surface area contributed by atoms with E-state index < -0.39 is 51.5 Å². The van der Waals surface area contributed by atoms with Crippen LogP contribution >= 0.6 is 11.6 Å².